The molecule has 0 heterocycles. The molecule has 1 saturated carbocycles. The number of nitrogens with two attached hydrogens (primary N) is 1. The Labute approximate surface area is 184 Å². The van der Waals surface area contributed by atoms with E-state index in [2.05, 4.69) is 16.0 Å². The first kappa shape index (κ1) is 23.7. The summed E-state index contributed by atoms with van der Waals surface area (Å²) < 4.78 is 0. The monoisotopic (exact) mass is 430 g/mol. The molecule has 0 unspecified atom stereocenters. The van der Waals surface area contributed by atoms with Crippen molar-refractivity contribution >= 4 is 41.4 Å². The highest BCUT2D eigenvalue weighted by Crippen LogP contribution is 2.38. The van der Waals surface area contributed by atoms with E-state index < -0.39 is 0 Å². The maximum Gasteiger partial charge on any atom is 0.323 e. The molecule has 1 aliphatic carbocycles. The number of urea groups is 1. The van der Waals surface area contributed by atoms with Gasteiger partial charge in [-0.05, 0) is 61.6 Å². The first-order chi connectivity index (χ1) is 14.0. The smallest absolute Gasteiger partial charge is 0.323 e. The van der Waals surface area contributed by atoms with Crippen LogP contribution in [0.4, 0.5) is 21.9 Å². The molecule has 0 bridgehead atoms. The molecule has 1 fully saturated rings. The lowest BCUT2D eigenvalue weighted by atomic mass is 9.71. The predicted molar refractivity (Wildman–Crippen MR) is 125 cm³/mol. The number of halogens is 1. The Hall–Kier alpha value is -2.57. The van der Waals surface area contributed by atoms with Crippen molar-refractivity contribution in [3.8, 4) is 0 Å². The molecule has 2 aromatic rings. The molecule has 0 saturated heterocycles. The van der Waals surface area contributed by atoms with Gasteiger partial charge < -0.3 is 21.7 Å². The number of carbonyl (C=O) groups excluding carboxylic acids is 2. The van der Waals surface area contributed by atoms with E-state index in [1.54, 1.807) is 6.07 Å². The number of aryl methyl sites for hydroxylation is 1. The molecule has 0 aromatic heterocycles. The molecule has 162 valence electrons. The van der Waals surface area contributed by atoms with Crippen molar-refractivity contribution in [2.45, 2.75) is 45.4 Å². The van der Waals surface area contributed by atoms with Gasteiger partial charge in [-0.3, -0.25) is 4.79 Å². The summed E-state index contributed by atoms with van der Waals surface area (Å²) in [6.45, 7) is 2.48. The highest BCUT2D eigenvalue weighted by atomic mass is 35.5. The van der Waals surface area contributed by atoms with E-state index in [4.69, 9.17) is 5.73 Å². The van der Waals surface area contributed by atoms with Crippen LogP contribution in [0.5, 0.6) is 0 Å². The van der Waals surface area contributed by atoms with Crippen molar-refractivity contribution in [1.82, 2.24) is 0 Å². The number of anilines is 3. The summed E-state index contributed by atoms with van der Waals surface area (Å²) in [7, 11) is 0. The number of nitrogens with one attached hydrogen (secondary N) is 3. The number of benzene rings is 2. The van der Waals surface area contributed by atoms with Gasteiger partial charge in [0, 0.05) is 23.5 Å². The maximum absolute atomic E-state index is 12.7. The van der Waals surface area contributed by atoms with E-state index in [0.29, 0.717) is 30.0 Å². The van der Waals surface area contributed by atoms with Crippen LogP contribution in [0.1, 0.15) is 44.1 Å². The summed E-state index contributed by atoms with van der Waals surface area (Å²) in [5.74, 6) is -0.0219. The van der Waals surface area contributed by atoms with Gasteiger partial charge in [-0.2, -0.15) is 0 Å². The molecule has 6 nitrogen and oxygen atoms in total. The van der Waals surface area contributed by atoms with Crippen molar-refractivity contribution < 1.29 is 9.59 Å². The highest BCUT2D eigenvalue weighted by molar-refractivity contribution is 6.00. The van der Waals surface area contributed by atoms with E-state index >= 15 is 0 Å². The number of hydrogen-bond donors (Lipinski definition) is 4. The van der Waals surface area contributed by atoms with Crippen molar-refractivity contribution in [3.63, 3.8) is 0 Å². The van der Waals surface area contributed by atoms with Crippen molar-refractivity contribution in [2.75, 3.05) is 22.5 Å². The summed E-state index contributed by atoms with van der Waals surface area (Å²) in [6.07, 6.45) is 5.96. The molecule has 3 rings (SSSR count). The maximum atomic E-state index is 12.7. The topological polar surface area (TPSA) is 96.2 Å². The molecule has 0 spiro atoms. The van der Waals surface area contributed by atoms with E-state index in [0.717, 1.165) is 31.2 Å². The van der Waals surface area contributed by atoms with Crippen LogP contribution in [0, 0.1) is 12.3 Å². The van der Waals surface area contributed by atoms with Crippen LogP contribution in [-0.4, -0.2) is 18.5 Å². The highest BCUT2D eigenvalue weighted by Gasteiger charge is 2.33. The zero-order chi connectivity index (χ0) is 20.7. The average Bonchev–Trinajstić information content (AvgIpc) is 2.72. The summed E-state index contributed by atoms with van der Waals surface area (Å²) in [5.41, 5.74) is 8.91. The molecular weight excluding hydrogens is 400 g/mol. The minimum absolute atomic E-state index is 0. The van der Waals surface area contributed by atoms with Gasteiger partial charge in [0.1, 0.15) is 0 Å². The van der Waals surface area contributed by atoms with Crippen LogP contribution in [-0.2, 0) is 4.79 Å². The molecule has 1 aliphatic rings. The van der Waals surface area contributed by atoms with Gasteiger partial charge in [-0.25, -0.2) is 4.79 Å². The fraction of sp³-hybridized carbons (Fsp3) is 0.391. The largest absolute Gasteiger partial charge is 0.330 e. The van der Waals surface area contributed by atoms with Crippen molar-refractivity contribution in [2.24, 2.45) is 11.1 Å². The van der Waals surface area contributed by atoms with E-state index in [9.17, 15) is 9.59 Å². The summed E-state index contributed by atoms with van der Waals surface area (Å²) in [4.78, 5) is 24.9. The van der Waals surface area contributed by atoms with Crippen LogP contribution in [0.3, 0.4) is 0 Å². The zero-order valence-corrected chi connectivity index (χ0v) is 18.2. The fourth-order valence-corrected chi connectivity index (χ4v) is 3.94. The lowest BCUT2D eigenvalue weighted by Gasteiger charge is -2.35. The Bertz CT molecular complexity index is 852. The van der Waals surface area contributed by atoms with E-state index in [-0.39, 0.29) is 29.8 Å². The fourth-order valence-electron chi connectivity index (χ4n) is 3.94. The van der Waals surface area contributed by atoms with Gasteiger partial charge >= 0.3 is 6.03 Å². The molecular formula is C23H31ClN4O2. The third kappa shape index (κ3) is 6.47. The number of hydrogen-bond acceptors (Lipinski definition) is 3. The quantitative estimate of drug-likeness (QED) is 0.500. The Morgan fingerprint density at radius 1 is 0.933 bits per heavy atom. The molecule has 2 aromatic carbocycles. The molecule has 0 radical (unpaired) electrons. The number of rotatable bonds is 6. The van der Waals surface area contributed by atoms with Gasteiger partial charge in [-0.1, -0.05) is 43.5 Å². The second-order valence-corrected chi connectivity index (χ2v) is 7.96. The summed E-state index contributed by atoms with van der Waals surface area (Å²) >= 11 is 0. The van der Waals surface area contributed by atoms with E-state index in [1.807, 2.05) is 49.4 Å². The number of carbonyl (C=O) groups is 2. The molecule has 0 aliphatic heterocycles. The second-order valence-electron chi connectivity index (χ2n) is 7.96. The lowest BCUT2D eigenvalue weighted by Crippen LogP contribution is -2.36. The first-order valence-corrected chi connectivity index (χ1v) is 10.2. The molecule has 0 atom stereocenters. The Kier molecular flexibility index (Phi) is 8.69. The zero-order valence-electron chi connectivity index (χ0n) is 17.4. The molecule has 3 amide bonds. The van der Waals surface area contributed by atoms with Crippen LogP contribution in [0.2, 0.25) is 0 Å². The molecule has 30 heavy (non-hydrogen) atoms. The molecule has 7 heteroatoms. The van der Waals surface area contributed by atoms with Crippen LogP contribution >= 0.6 is 12.4 Å². The van der Waals surface area contributed by atoms with Gasteiger partial charge in [-0.15, -0.1) is 12.4 Å². The van der Waals surface area contributed by atoms with Crippen molar-refractivity contribution in [1.29, 1.82) is 0 Å². The minimum Gasteiger partial charge on any atom is -0.330 e. The predicted octanol–water partition coefficient (Wildman–Crippen LogP) is 5.30. The summed E-state index contributed by atoms with van der Waals surface area (Å²) in [6, 6.07) is 14.4. The van der Waals surface area contributed by atoms with Crippen LogP contribution in [0.25, 0.3) is 0 Å². The Morgan fingerprint density at radius 3 is 2.27 bits per heavy atom. The van der Waals surface area contributed by atoms with E-state index in [1.165, 1.54) is 6.42 Å². The van der Waals surface area contributed by atoms with Crippen molar-refractivity contribution in [3.05, 3.63) is 54.1 Å². The first-order valence-electron chi connectivity index (χ1n) is 10.2. The standard InChI is InChI=1S/C23H30N4O2.ClH/c1-17-10-11-19(26-22(29)25-18-8-4-2-5-9-18)14-20(17)27-21(28)15-23(16-24)12-6-3-7-13-23;/h2,4-5,8-11,14H,3,6-7,12-13,15-16,24H2,1H3,(H,27,28)(H2,25,26,29);1H. The van der Waals surface area contributed by atoms with Crippen LogP contribution < -0.4 is 21.7 Å². The second kappa shape index (κ2) is 11.0. The van der Waals surface area contributed by atoms with Gasteiger partial charge in [0.15, 0.2) is 0 Å². The van der Waals surface area contributed by atoms with Gasteiger partial charge in [0.2, 0.25) is 5.91 Å². The molecule has 5 N–H and O–H groups in total. The normalized spacial score (nSPS) is 14.9. The van der Waals surface area contributed by atoms with Gasteiger partial charge in [0.25, 0.3) is 0 Å². The third-order valence-electron chi connectivity index (χ3n) is 5.68. The average molecular weight is 431 g/mol. The summed E-state index contributed by atoms with van der Waals surface area (Å²) in [5, 5.41) is 8.60. The minimum atomic E-state index is -0.332. The van der Waals surface area contributed by atoms with Crippen LogP contribution in [0.15, 0.2) is 48.5 Å². The number of amides is 3. The third-order valence-corrected chi connectivity index (χ3v) is 5.68. The lowest BCUT2D eigenvalue weighted by molar-refractivity contribution is -0.118. The number of para-hydroxylation sites is 1. The van der Waals surface area contributed by atoms with Gasteiger partial charge in [0.05, 0.1) is 0 Å². The Morgan fingerprint density at radius 2 is 1.60 bits per heavy atom. The Balaban J connectivity index is 0.00000320. The SMILES string of the molecule is Cc1ccc(NC(=O)Nc2ccccc2)cc1NC(=O)CC1(CN)CCCCC1.Cl.